The van der Waals surface area contributed by atoms with Crippen molar-refractivity contribution >= 4 is 23.1 Å². The van der Waals surface area contributed by atoms with Crippen molar-refractivity contribution in [2.24, 2.45) is 0 Å². The van der Waals surface area contributed by atoms with Crippen LogP contribution in [0.1, 0.15) is 16.5 Å². The van der Waals surface area contributed by atoms with Gasteiger partial charge in [0, 0.05) is 10.4 Å². The summed E-state index contributed by atoms with van der Waals surface area (Å²) in [6.07, 6.45) is 0. The first-order chi connectivity index (χ1) is 14.8. The average molecular weight is 438 g/mol. The van der Waals surface area contributed by atoms with Crippen LogP contribution in [-0.4, -0.2) is 35.6 Å². The molecule has 0 aliphatic carbocycles. The highest BCUT2D eigenvalue weighted by Crippen LogP contribution is 2.34. The van der Waals surface area contributed by atoms with Gasteiger partial charge in [0.25, 0.3) is 5.89 Å². The number of thioether (sulfide) groups is 1. The van der Waals surface area contributed by atoms with Gasteiger partial charge in [-0.05, 0) is 28.8 Å². The van der Waals surface area contributed by atoms with E-state index in [1.54, 1.807) is 16.0 Å². The molecular formula is C19H15N7O2S2. The number of thiophene rings is 1. The topological polar surface area (TPSA) is 109 Å². The molecule has 0 aliphatic rings. The number of aromatic nitrogens is 7. The van der Waals surface area contributed by atoms with E-state index in [2.05, 4.69) is 36.9 Å². The van der Waals surface area contributed by atoms with Crippen LogP contribution in [0.15, 0.2) is 61.9 Å². The van der Waals surface area contributed by atoms with Gasteiger partial charge < -0.3 is 8.94 Å². The number of benzene rings is 1. The van der Waals surface area contributed by atoms with E-state index in [0.717, 1.165) is 5.56 Å². The van der Waals surface area contributed by atoms with Gasteiger partial charge in [-0.2, -0.15) is 0 Å². The first kappa shape index (κ1) is 18.7. The van der Waals surface area contributed by atoms with Crippen molar-refractivity contribution in [1.82, 2.24) is 35.6 Å². The van der Waals surface area contributed by atoms with Gasteiger partial charge in [0.2, 0.25) is 11.0 Å². The minimum atomic E-state index is 0.376. The van der Waals surface area contributed by atoms with E-state index >= 15 is 0 Å². The molecule has 0 spiro atoms. The van der Waals surface area contributed by atoms with Crippen molar-refractivity contribution in [3.8, 4) is 22.7 Å². The summed E-state index contributed by atoms with van der Waals surface area (Å²) in [4.78, 5) is 1.18. The lowest BCUT2D eigenvalue weighted by Crippen LogP contribution is -2.02. The molecule has 5 rings (SSSR count). The van der Waals surface area contributed by atoms with Crippen molar-refractivity contribution in [3.05, 3.63) is 64.4 Å². The Labute approximate surface area is 179 Å². The lowest BCUT2D eigenvalue weighted by Gasteiger charge is -2.01. The van der Waals surface area contributed by atoms with E-state index in [1.165, 1.54) is 16.6 Å². The van der Waals surface area contributed by atoms with Gasteiger partial charge >= 0.3 is 0 Å². The number of aryl methyl sites for hydroxylation is 1. The number of rotatable bonds is 7. The summed E-state index contributed by atoms with van der Waals surface area (Å²) in [6.45, 7) is 2.45. The zero-order chi connectivity index (χ0) is 20.3. The van der Waals surface area contributed by atoms with Crippen LogP contribution in [0.5, 0.6) is 0 Å². The second-order valence-electron chi connectivity index (χ2n) is 6.32. The molecule has 0 N–H and O–H groups in total. The molecule has 4 heterocycles. The number of hydrogen-bond acceptors (Lipinski definition) is 10. The summed E-state index contributed by atoms with van der Waals surface area (Å²) in [5.74, 6) is 1.92. The third-order valence-corrected chi connectivity index (χ3v) is 6.10. The number of nitrogens with zero attached hydrogens (tertiary/aromatic N) is 7. The molecule has 0 unspecified atom stereocenters. The highest BCUT2D eigenvalue weighted by atomic mass is 32.2. The molecule has 9 nitrogen and oxygen atoms in total. The Hall–Kier alpha value is -3.31. The maximum Gasteiger partial charge on any atom is 0.253 e. The smallest absolute Gasteiger partial charge is 0.253 e. The maximum absolute atomic E-state index is 5.90. The summed E-state index contributed by atoms with van der Waals surface area (Å²) in [5.41, 5.74) is 2.30. The Morgan fingerprint density at radius 3 is 2.80 bits per heavy atom. The van der Waals surface area contributed by atoms with Gasteiger partial charge in [-0.15, -0.1) is 26.6 Å². The third-order valence-electron chi connectivity index (χ3n) is 4.30. The molecule has 0 bridgehead atoms. The SMILES string of the molecule is Cc1onc(-c2ccccc2)c1-c1nnc(CSc2nnnn2Cc2cccs2)o1. The minimum absolute atomic E-state index is 0.376. The second kappa shape index (κ2) is 8.20. The fourth-order valence-corrected chi connectivity index (χ4v) is 4.30. The Balaban J connectivity index is 1.33. The molecule has 30 heavy (non-hydrogen) atoms. The van der Waals surface area contributed by atoms with Crippen LogP contribution in [0.4, 0.5) is 0 Å². The largest absolute Gasteiger partial charge is 0.420 e. The van der Waals surface area contributed by atoms with E-state index in [4.69, 9.17) is 8.94 Å². The molecule has 0 amide bonds. The maximum atomic E-state index is 5.90. The average Bonchev–Trinajstić information content (AvgIpc) is 3.56. The van der Waals surface area contributed by atoms with E-state index in [-0.39, 0.29) is 0 Å². The lowest BCUT2D eigenvalue weighted by atomic mass is 10.1. The van der Waals surface area contributed by atoms with Crippen LogP contribution in [0.3, 0.4) is 0 Å². The highest BCUT2D eigenvalue weighted by molar-refractivity contribution is 7.98. The standard InChI is InChI=1S/C19H15N7O2S2/c1-12-16(17(23-28-12)13-6-3-2-4-7-13)18-21-20-15(27-18)11-30-19-22-24-25-26(19)10-14-8-5-9-29-14/h2-9H,10-11H2,1H3. The zero-order valence-corrected chi connectivity index (χ0v) is 17.4. The van der Waals surface area contributed by atoms with Crippen LogP contribution < -0.4 is 0 Å². The molecule has 1 aromatic carbocycles. The van der Waals surface area contributed by atoms with Crippen LogP contribution in [0.2, 0.25) is 0 Å². The first-order valence-corrected chi connectivity index (χ1v) is 10.9. The van der Waals surface area contributed by atoms with E-state index < -0.39 is 0 Å². The molecule has 0 aliphatic heterocycles. The third kappa shape index (κ3) is 3.76. The summed E-state index contributed by atoms with van der Waals surface area (Å²) in [5, 5.41) is 27.2. The lowest BCUT2D eigenvalue weighted by molar-refractivity contribution is 0.399. The van der Waals surface area contributed by atoms with Crippen molar-refractivity contribution in [2.75, 3.05) is 0 Å². The monoisotopic (exact) mass is 437 g/mol. The normalized spacial score (nSPS) is 11.2. The molecule has 5 aromatic rings. The van der Waals surface area contributed by atoms with Gasteiger partial charge in [0.1, 0.15) is 17.0 Å². The molecule has 0 saturated heterocycles. The van der Waals surface area contributed by atoms with Gasteiger partial charge in [-0.3, -0.25) is 0 Å². The van der Waals surface area contributed by atoms with E-state index in [9.17, 15) is 0 Å². The van der Waals surface area contributed by atoms with E-state index in [0.29, 0.717) is 46.3 Å². The zero-order valence-electron chi connectivity index (χ0n) is 15.8. The molecule has 0 radical (unpaired) electrons. The van der Waals surface area contributed by atoms with Crippen LogP contribution in [0, 0.1) is 6.92 Å². The number of hydrogen-bond donors (Lipinski definition) is 0. The predicted molar refractivity (Wildman–Crippen MR) is 111 cm³/mol. The quantitative estimate of drug-likeness (QED) is 0.348. The van der Waals surface area contributed by atoms with E-state index in [1.807, 2.05) is 48.7 Å². The van der Waals surface area contributed by atoms with Crippen molar-refractivity contribution in [2.45, 2.75) is 24.4 Å². The Morgan fingerprint density at radius 1 is 1.07 bits per heavy atom. The molecular weight excluding hydrogens is 422 g/mol. The predicted octanol–water partition coefficient (Wildman–Crippen LogP) is 4.09. The molecule has 4 aromatic heterocycles. The van der Waals surface area contributed by atoms with Crippen molar-refractivity contribution in [3.63, 3.8) is 0 Å². The van der Waals surface area contributed by atoms with Crippen LogP contribution >= 0.6 is 23.1 Å². The molecule has 0 saturated carbocycles. The summed E-state index contributed by atoms with van der Waals surface area (Å²) in [6, 6.07) is 13.8. The Morgan fingerprint density at radius 2 is 1.97 bits per heavy atom. The van der Waals surface area contributed by atoms with Gasteiger partial charge in [0.05, 0.1) is 12.3 Å². The Kier molecular flexibility index (Phi) is 5.11. The van der Waals surface area contributed by atoms with Gasteiger partial charge in [0.15, 0.2) is 0 Å². The molecule has 0 fully saturated rings. The first-order valence-electron chi connectivity index (χ1n) is 9.03. The van der Waals surface area contributed by atoms with Gasteiger partial charge in [-0.1, -0.05) is 53.3 Å². The summed E-state index contributed by atoms with van der Waals surface area (Å²) in [7, 11) is 0. The summed E-state index contributed by atoms with van der Waals surface area (Å²) < 4.78 is 13.0. The fourth-order valence-electron chi connectivity index (χ4n) is 2.91. The summed E-state index contributed by atoms with van der Waals surface area (Å²) >= 11 is 3.11. The van der Waals surface area contributed by atoms with Crippen molar-refractivity contribution in [1.29, 1.82) is 0 Å². The molecule has 0 atom stereocenters. The minimum Gasteiger partial charge on any atom is -0.420 e. The van der Waals surface area contributed by atoms with Gasteiger partial charge in [-0.25, -0.2) is 4.68 Å². The number of tetrazole rings is 1. The van der Waals surface area contributed by atoms with Crippen molar-refractivity contribution < 1.29 is 8.94 Å². The van der Waals surface area contributed by atoms with Crippen LogP contribution in [-0.2, 0) is 12.3 Å². The second-order valence-corrected chi connectivity index (χ2v) is 8.29. The molecule has 150 valence electrons. The molecule has 11 heteroatoms. The fraction of sp³-hybridized carbons (Fsp3) is 0.158. The Bertz CT molecular complexity index is 1250. The van der Waals surface area contributed by atoms with Crippen LogP contribution in [0.25, 0.3) is 22.7 Å². The highest BCUT2D eigenvalue weighted by Gasteiger charge is 2.22.